The van der Waals surface area contributed by atoms with Gasteiger partial charge in [0.2, 0.25) is 5.91 Å². The van der Waals surface area contributed by atoms with Crippen molar-refractivity contribution in [3.8, 4) is 0 Å². The monoisotopic (exact) mass is 255 g/mol. The quantitative estimate of drug-likeness (QED) is 0.843. The molecular formula is C12H21N3OS. The van der Waals surface area contributed by atoms with Crippen molar-refractivity contribution in [2.24, 2.45) is 0 Å². The predicted octanol–water partition coefficient (Wildman–Crippen LogP) is 1.80. The first kappa shape index (κ1) is 14.1. The molecule has 1 heterocycles. The fourth-order valence-electron chi connectivity index (χ4n) is 1.64. The molecule has 17 heavy (non-hydrogen) atoms. The van der Waals surface area contributed by atoms with Crippen molar-refractivity contribution in [2.45, 2.75) is 40.3 Å². The molecule has 4 nitrogen and oxygen atoms in total. The number of carbonyl (C=O) groups excluding carboxylic acids is 1. The second-order valence-corrected chi connectivity index (χ2v) is 5.03. The van der Waals surface area contributed by atoms with Crippen LogP contribution in [-0.4, -0.2) is 34.9 Å². The van der Waals surface area contributed by atoms with Gasteiger partial charge >= 0.3 is 0 Å². The number of hydrogen-bond donors (Lipinski definition) is 1. The van der Waals surface area contributed by atoms with Gasteiger partial charge in [0.25, 0.3) is 0 Å². The number of nitrogens with one attached hydrogen (secondary N) is 1. The Labute approximate surface area is 107 Å². The summed E-state index contributed by atoms with van der Waals surface area (Å²) in [6, 6.07) is -0.156. The molecule has 1 amide bonds. The minimum Gasteiger partial charge on any atom is -0.342 e. The second kappa shape index (κ2) is 6.71. The largest absolute Gasteiger partial charge is 0.342 e. The Morgan fingerprint density at radius 3 is 2.65 bits per heavy atom. The molecule has 96 valence electrons. The van der Waals surface area contributed by atoms with Gasteiger partial charge in [-0.25, -0.2) is 4.98 Å². The number of aromatic nitrogens is 1. The van der Waals surface area contributed by atoms with Crippen LogP contribution >= 0.6 is 11.3 Å². The summed E-state index contributed by atoms with van der Waals surface area (Å²) in [5.41, 5.74) is 1.01. The van der Waals surface area contributed by atoms with Gasteiger partial charge < -0.3 is 10.2 Å². The number of thiazole rings is 1. The highest BCUT2D eigenvalue weighted by Gasteiger charge is 2.17. The number of rotatable bonds is 6. The molecule has 0 aliphatic heterocycles. The molecule has 1 atom stereocenters. The summed E-state index contributed by atoms with van der Waals surface area (Å²) >= 11 is 1.63. The smallest absolute Gasteiger partial charge is 0.239 e. The van der Waals surface area contributed by atoms with Gasteiger partial charge in [0.05, 0.1) is 16.7 Å². The molecule has 0 saturated heterocycles. The topological polar surface area (TPSA) is 45.2 Å². The van der Waals surface area contributed by atoms with Crippen molar-refractivity contribution in [1.29, 1.82) is 0 Å². The lowest BCUT2D eigenvalue weighted by Gasteiger charge is -2.23. The Kier molecular flexibility index (Phi) is 5.58. The number of amides is 1. The van der Waals surface area contributed by atoms with E-state index in [9.17, 15) is 4.79 Å². The third-order valence-electron chi connectivity index (χ3n) is 2.70. The van der Waals surface area contributed by atoms with Gasteiger partial charge in [-0.1, -0.05) is 0 Å². The van der Waals surface area contributed by atoms with Crippen molar-refractivity contribution in [1.82, 2.24) is 15.2 Å². The third-order valence-corrected chi connectivity index (χ3v) is 3.52. The first-order valence-corrected chi connectivity index (χ1v) is 6.89. The summed E-state index contributed by atoms with van der Waals surface area (Å²) in [5.74, 6) is 0.155. The van der Waals surface area contributed by atoms with Crippen LogP contribution in [0, 0.1) is 6.92 Å². The van der Waals surface area contributed by atoms with Crippen LogP contribution in [-0.2, 0) is 11.3 Å². The third kappa shape index (κ3) is 4.09. The lowest BCUT2D eigenvalue weighted by molar-refractivity contribution is -0.132. The lowest BCUT2D eigenvalue weighted by Crippen LogP contribution is -2.44. The van der Waals surface area contributed by atoms with Crippen LogP contribution in [0.3, 0.4) is 0 Å². The maximum absolute atomic E-state index is 12.0. The van der Waals surface area contributed by atoms with Gasteiger partial charge in [-0.15, -0.1) is 11.3 Å². The summed E-state index contributed by atoms with van der Waals surface area (Å²) in [6.07, 6.45) is 0. The van der Waals surface area contributed by atoms with Crippen molar-refractivity contribution in [3.63, 3.8) is 0 Å². The van der Waals surface area contributed by atoms with Crippen LogP contribution in [0.15, 0.2) is 5.38 Å². The van der Waals surface area contributed by atoms with E-state index in [4.69, 9.17) is 0 Å². The zero-order valence-corrected chi connectivity index (χ0v) is 11.8. The maximum Gasteiger partial charge on any atom is 0.239 e. The minimum atomic E-state index is -0.156. The SMILES string of the molecule is CCN(CC)C(=O)C(C)NCc1csc(C)n1. The van der Waals surface area contributed by atoms with Gasteiger partial charge in [0.1, 0.15) is 0 Å². The first-order chi connectivity index (χ1) is 8.08. The number of likely N-dealkylation sites (N-methyl/N-ethyl adjacent to an activating group) is 1. The van der Waals surface area contributed by atoms with Crippen molar-refractivity contribution >= 4 is 17.2 Å². The summed E-state index contributed by atoms with van der Waals surface area (Å²) < 4.78 is 0. The average Bonchev–Trinajstić information content (AvgIpc) is 2.73. The molecule has 0 aliphatic carbocycles. The van der Waals surface area contributed by atoms with Crippen molar-refractivity contribution < 1.29 is 4.79 Å². The van der Waals surface area contributed by atoms with Crippen LogP contribution in [0.25, 0.3) is 0 Å². The Balaban J connectivity index is 2.43. The Morgan fingerprint density at radius 1 is 1.53 bits per heavy atom. The standard InChI is InChI=1S/C12H21N3OS/c1-5-15(6-2)12(16)9(3)13-7-11-8-17-10(4)14-11/h8-9,13H,5-7H2,1-4H3. The molecule has 0 spiro atoms. The van der Waals surface area contributed by atoms with Crippen LogP contribution in [0.5, 0.6) is 0 Å². The van der Waals surface area contributed by atoms with Crippen molar-refractivity contribution in [2.75, 3.05) is 13.1 Å². The predicted molar refractivity (Wildman–Crippen MR) is 71.1 cm³/mol. The molecule has 1 rings (SSSR count). The normalized spacial score (nSPS) is 12.5. The number of carbonyl (C=O) groups is 1. The molecule has 0 radical (unpaired) electrons. The van der Waals surface area contributed by atoms with Gasteiger partial charge in [-0.05, 0) is 27.7 Å². The molecule has 0 aromatic carbocycles. The average molecular weight is 255 g/mol. The van der Waals surface area contributed by atoms with Crippen LogP contribution < -0.4 is 5.32 Å². The molecule has 0 bridgehead atoms. The zero-order valence-electron chi connectivity index (χ0n) is 11.0. The van der Waals surface area contributed by atoms with E-state index in [1.165, 1.54) is 0 Å². The highest BCUT2D eigenvalue weighted by atomic mass is 32.1. The Morgan fingerprint density at radius 2 is 2.18 bits per heavy atom. The fraction of sp³-hybridized carbons (Fsp3) is 0.667. The highest BCUT2D eigenvalue weighted by molar-refractivity contribution is 7.09. The van der Waals surface area contributed by atoms with E-state index in [0.717, 1.165) is 23.8 Å². The first-order valence-electron chi connectivity index (χ1n) is 6.01. The van der Waals surface area contributed by atoms with Crippen LogP contribution in [0.1, 0.15) is 31.5 Å². The molecule has 0 aliphatic rings. The van der Waals surface area contributed by atoms with E-state index in [-0.39, 0.29) is 11.9 Å². The molecular weight excluding hydrogens is 234 g/mol. The summed E-state index contributed by atoms with van der Waals surface area (Å²) in [4.78, 5) is 18.2. The fourth-order valence-corrected chi connectivity index (χ4v) is 2.26. The highest BCUT2D eigenvalue weighted by Crippen LogP contribution is 2.07. The second-order valence-electron chi connectivity index (χ2n) is 3.97. The molecule has 5 heteroatoms. The van der Waals surface area contributed by atoms with E-state index < -0.39 is 0 Å². The summed E-state index contributed by atoms with van der Waals surface area (Å²) in [6.45, 7) is 10.1. The molecule has 1 unspecified atom stereocenters. The van der Waals surface area contributed by atoms with E-state index >= 15 is 0 Å². The number of nitrogens with zero attached hydrogens (tertiary/aromatic N) is 2. The Bertz CT molecular complexity index is 360. The molecule has 1 N–H and O–H groups in total. The Hall–Kier alpha value is -0.940. The molecule has 0 fully saturated rings. The van der Waals surface area contributed by atoms with Crippen LogP contribution in [0.2, 0.25) is 0 Å². The van der Waals surface area contributed by atoms with Gasteiger partial charge in [0, 0.05) is 25.0 Å². The van der Waals surface area contributed by atoms with Crippen LogP contribution in [0.4, 0.5) is 0 Å². The van der Waals surface area contributed by atoms with E-state index in [2.05, 4.69) is 10.3 Å². The van der Waals surface area contributed by atoms with E-state index in [1.54, 1.807) is 11.3 Å². The maximum atomic E-state index is 12.0. The van der Waals surface area contributed by atoms with Gasteiger partial charge in [-0.3, -0.25) is 4.79 Å². The lowest BCUT2D eigenvalue weighted by atomic mass is 10.2. The molecule has 0 saturated carbocycles. The van der Waals surface area contributed by atoms with E-state index in [1.807, 2.05) is 38.0 Å². The minimum absolute atomic E-state index is 0.155. The van der Waals surface area contributed by atoms with Gasteiger partial charge in [-0.2, -0.15) is 0 Å². The molecule has 1 aromatic rings. The van der Waals surface area contributed by atoms with E-state index in [0.29, 0.717) is 6.54 Å². The summed E-state index contributed by atoms with van der Waals surface area (Å²) in [7, 11) is 0. The summed E-state index contributed by atoms with van der Waals surface area (Å²) in [5, 5.41) is 6.30. The number of aryl methyl sites for hydroxylation is 1. The number of hydrogen-bond acceptors (Lipinski definition) is 4. The van der Waals surface area contributed by atoms with Gasteiger partial charge in [0.15, 0.2) is 0 Å². The zero-order chi connectivity index (χ0) is 12.8. The molecule has 1 aromatic heterocycles. The van der Waals surface area contributed by atoms with Crippen molar-refractivity contribution in [3.05, 3.63) is 16.1 Å².